The van der Waals surface area contributed by atoms with Gasteiger partial charge in [0.15, 0.2) is 5.65 Å². The van der Waals surface area contributed by atoms with Crippen LogP contribution < -0.4 is 10.6 Å². The minimum atomic E-state index is -0.186. The molecular weight excluding hydrogens is 424 g/mol. The molecule has 4 rings (SSSR count). The molecule has 164 valence electrons. The maximum absolute atomic E-state index is 12.8. The third-order valence-corrected chi connectivity index (χ3v) is 5.66. The van der Waals surface area contributed by atoms with Gasteiger partial charge < -0.3 is 20.5 Å². The van der Waals surface area contributed by atoms with Crippen molar-refractivity contribution in [2.45, 2.75) is 6.42 Å². The summed E-state index contributed by atoms with van der Waals surface area (Å²) in [4.78, 5) is 39.5. The highest BCUT2D eigenvalue weighted by Crippen LogP contribution is 2.25. The number of carbonyl (C=O) groups is 2. The maximum Gasteiger partial charge on any atom is 0.253 e. The van der Waals surface area contributed by atoms with Gasteiger partial charge in [0, 0.05) is 18.4 Å². The fraction of sp³-hybridized carbons (Fsp3) is 0.217. The van der Waals surface area contributed by atoms with Gasteiger partial charge in [-0.3, -0.25) is 9.59 Å². The number of anilines is 1. The van der Waals surface area contributed by atoms with E-state index in [1.54, 1.807) is 23.6 Å². The van der Waals surface area contributed by atoms with Gasteiger partial charge in [0.2, 0.25) is 5.91 Å². The van der Waals surface area contributed by atoms with Crippen LogP contribution in [0.1, 0.15) is 15.9 Å². The molecule has 4 aromatic rings. The molecule has 0 fully saturated rings. The standard InChI is InChI=1S/C23H24N6O2S/c1-29(2)14-19(30)26-16-7-5-15(6-8-16)9-11-25-23(31)17-10-12-24-22-20(17)27-21(28-22)18-4-3-13-32-18/h3-8,10,12-13H,9,11,14H2,1-2H3,(H,25,31)(H,26,30)(H,24,27,28). The molecule has 0 aliphatic heterocycles. The van der Waals surface area contributed by atoms with Crippen molar-refractivity contribution in [1.82, 2.24) is 25.2 Å². The average Bonchev–Trinajstić information content (AvgIpc) is 3.43. The first-order valence-corrected chi connectivity index (χ1v) is 11.1. The molecule has 0 unspecified atom stereocenters. The second-order valence-corrected chi connectivity index (χ2v) is 8.55. The molecule has 0 aliphatic rings. The number of nitrogens with zero attached hydrogens (tertiary/aromatic N) is 3. The lowest BCUT2D eigenvalue weighted by Crippen LogP contribution is -2.27. The number of thiophene rings is 1. The topological polar surface area (TPSA) is 103 Å². The number of aromatic nitrogens is 3. The summed E-state index contributed by atoms with van der Waals surface area (Å²) >= 11 is 1.58. The Bertz CT molecular complexity index is 1220. The van der Waals surface area contributed by atoms with E-state index in [1.807, 2.05) is 60.8 Å². The number of carbonyl (C=O) groups excluding carboxylic acids is 2. The molecule has 3 aromatic heterocycles. The number of nitrogens with one attached hydrogen (secondary N) is 3. The lowest BCUT2D eigenvalue weighted by atomic mass is 10.1. The third kappa shape index (κ3) is 5.19. The average molecular weight is 449 g/mol. The molecule has 9 heteroatoms. The van der Waals surface area contributed by atoms with Gasteiger partial charge in [-0.25, -0.2) is 9.97 Å². The monoisotopic (exact) mass is 448 g/mol. The SMILES string of the molecule is CN(C)CC(=O)Nc1ccc(CCNC(=O)c2ccnc3[nH]c(-c4cccs4)nc23)cc1. The third-order valence-electron chi connectivity index (χ3n) is 4.78. The summed E-state index contributed by atoms with van der Waals surface area (Å²) in [6.07, 6.45) is 2.28. The van der Waals surface area contributed by atoms with Crippen molar-refractivity contribution in [3.63, 3.8) is 0 Å². The molecule has 0 saturated carbocycles. The number of hydrogen-bond acceptors (Lipinski definition) is 6. The number of H-pyrrole nitrogens is 1. The van der Waals surface area contributed by atoms with Gasteiger partial charge >= 0.3 is 0 Å². The number of likely N-dealkylation sites (N-methyl/N-ethyl adjacent to an activating group) is 1. The van der Waals surface area contributed by atoms with Crippen molar-refractivity contribution in [2.24, 2.45) is 0 Å². The number of fused-ring (bicyclic) bond motifs is 1. The second kappa shape index (κ2) is 9.71. The van der Waals surface area contributed by atoms with Crippen LogP contribution in [-0.2, 0) is 11.2 Å². The number of rotatable bonds is 8. The number of aromatic amines is 1. The van der Waals surface area contributed by atoms with E-state index in [1.165, 1.54) is 0 Å². The second-order valence-electron chi connectivity index (χ2n) is 7.61. The molecule has 0 spiro atoms. The Morgan fingerprint density at radius 1 is 1.12 bits per heavy atom. The van der Waals surface area contributed by atoms with Crippen LogP contribution >= 0.6 is 11.3 Å². The van der Waals surface area contributed by atoms with Crippen molar-refractivity contribution >= 4 is 40.0 Å². The first-order chi connectivity index (χ1) is 15.5. The van der Waals surface area contributed by atoms with Gasteiger partial charge in [-0.15, -0.1) is 11.3 Å². The first kappa shape index (κ1) is 21.7. The maximum atomic E-state index is 12.8. The van der Waals surface area contributed by atoms with Crippen molar-refractivity contribution in [2.75, 3.05) is 32.5 Å². The number of pyridine rings is 1. The molecule has 1 aromatic carbocycles. The number of benzene rings is 1. The van der Waals surface area contributed by atoms with Crippen LogP contribution in [0.4, 0.5) is 5.69 Å². The van der Waals surface area contributed by atoms with Crippen molar-refractivity contribution in [3.05, 3.63) is 65.2 Å². The van der Waals surface area contributed by atoms with Gasteiger partial charge in [-0.05, 0) is 55.7 Å². The molecule has 0 aliphatic carbocycles. The first-order valence-electron chi connectivity index (χ1n) is 10.2. The highest BCUT2D eigenvalue weighted by atomic mass is 32.1. The van der Waals surface area contributed by atoms with Crippen LogP contribution in [0.25, 0.3) is 21.9 Å². The fourth-order valence-electron chi connectivity index (χ4n) is 3.28. The van der Waals surface area contributed by atoms with Gasteiger partial charge in [0.25, 0.3) is 5.91 Å². The fourth-order valence-corrected chi connectivity index (χ4v) is 3.95. The molecule has 0 radical (unpaired) electrons. The summed E-state index contributed by atoms with van der Waals surface area (Å²) in [5.41, 5.74) is 3.46. The molecule has 0 saturated heterocycles. The molecule has 0 atom stereocenters. The van der Waals surface area contributed by atoms with Gasteiger partial charge in [-0.1, -0.05) is 18.2 Å². The molecule has 32 heavy (non-hydrogen) atoms. The normalized spacial score (nSPS) is 11.1. The molecule has 8 nitrogen and oxygen atoms in total. The number of amides is 2. The Hall–Kier alpha value is -3.56. The lowest BCUT2D eigenvalue weighted by Gasteiger charge is -2.10. The van der Waals surface area contributed by atoms with E-state index in [2.05, 4.69) is 25.6 Å². The minimum absolute atomic E-state index is 0.0562. The molecule has 0 bridgehead atoms. The number of hydrogen-bond donors (Lipinski definition) is 3. The van der Waals surface area contributed by atoms with E-state index in [9.17, 15) is 9.59 Å². The largest absolute Gasteiger partial charge is 0.352 e. The van der Waals surface area contributed by atoms with E-state index in [4.69, 9.17) is 0 Å². The van der Waals surface area contributed by atoms with E-state index < -0.39 is 0 Å². The van der Waals surface area contributed by atoms with Crippen LogP contribution in [0.15, 0.2) is 54.0 Å². The smallest absolute Gasteiger partial charge is 0.253 e. The van der Waals surface area contributed by atoms with Crippen molar-refractivity contribution in [3.8, 4) is 10.7 Å². The number of imidazole rings is 1. The summed E-state index contributed by atoms with van der Waals surface area (Å²) in [6, 6.07) is 13.2. The highest BCUT2D eigenvalue weighted by Gasteiger charge is 2.15. The molecule has 2 amide bonds. The quantitative estimate of drug-likeness (QED) is 0.384. The lowest BCUT2D eigenvalue weighted by molar-refractivity contribution is -0.116. The highest BCUT2D eigenvalue weighted by molar-refractivity contribution is 7.13. The zero-order chi connectivity index (χ0) is 22.5. The Balaban J connectivity index is 1.35. The Labute approximate surface area is 189 Å². The Kier molecular flexibility index (Phi) is 6.58. The summed E-state index contributed by atoms with van der Waals surface area (Å²) < 4.78 is 0. The Morgan fingerprint density at radius 3 is 2.66 bits per heavy atom. The van der Waals surface area contributed by atoms with Crippen LogP contribution in [0.5, 0.6) is 0 Å². The molecular formula is C23H24N6O2S. The van der Waals surface area contributed by atoms with E-state index >= 15 is 0 Å². The summed E-state index contributed by atoms with van der Waals surface area (Å²) in [6.45, 7) is 0.818. The van der Waals surface area contributed by atoms with Crippen molar-refractivity contribution in [1.29, 1.82) is 0 Å². The Morgan fingerprint density at radius 2 is 1.94 bits per heavy atom. The van der Waals surface area contributed by atoms with Gasteiger partial charge in [0.1, 0.15) is 11.3 Å². The predicted molar refractivity (Wildman–Crippen MR) is 127 cm³/mol. The van der Waals surface area contributed by atoms with Gasteiger partial charge in [-0.2, -0.15) is 0 Å². The summed E-state index contributed by atoms with van der Waals surface area (Å²) in [7, 11) is 3.70. The van der Waals surface area contributed by atoms with E-state index in [0.717, 1.165) is 16.1 Å². The predicted octanol–water partition coefficient (Wildman–Crippen LogP) is 3.16. The van der Waals surface area contributed by atoms with Gasteiger partial charge in [0.05, 0.1) is 17.0 Å². The molecule has 3 N–H and O–H groups in total. The van der Waals surface area contributed by atoms with E-state index in [-0.39, 0.29) is 11.8 Å². The van der Waals surface area contributed by atoms with Crippen LogP contribution in [0.2, 0.25) is 0 Å². The minimum Gasteiger partial charge on any atom is -0.352 e. The summed E-state index contributed by atoms with van der Waals surface area (Å²) in [5.74, 6) is 0.467. The zero-order valence-electron chi connectivity index (χ0n) is 17.9. The van der Waals surface area contributed by atoms with Crippen LogP contribution in [-0.4, -0.2) is 58.9 Å². The van der Waals surface area contributed by atoms with E-state index in [0.29, 0.717) is 42.1 Å². The summed E-state index contributed by atoms with van der Waals surface area (Å²) in [5, 5.41) is 7.80. The van der Waals surface area contributed by atoms with Crippen molar-refractivity contribution < 1.29 is 9.59 Å². The van der Waals surface area contributed by atoms with Crippen LogP contribution in [0, 0.1) is 0 Å². The zero-order valence-corrected chi connectivity index (χ0v) is 18.7. The molecule has 3 heterocycles. The van der Waals surface area contributed by atoms with Crippen LogP contribution in [0.3, 0.4) is 0 Å².